The molecule has 0 aliphatic rings. The summed E-state index contributed by atoms with van der Waals surface area (Å²) in [5, 5.41) is 22.7. The van der Waals surface area contributed by atoms with Crippen molar-refractivity contribution in [3.63, 3.8) is 0 Å². The van der Waals surface area contributed by atoms with Gasteiger partial charge in [0.1, 0.15) is 0 Å². The van der Waals surface area contributed by atoms with E-state index in [4.69, 9.17) is 4.74 Å². The first-order chi connectivity index (χ1) is 11.8. The molecule has 1 aromatic carbocycles. The number of hydrogen-bond acceptors (Lipinski definition) is 6. The average Bonchev–Trinajstić information content (AvgIpc) is 2.44. The Morgan fingerprint density at radius 1 is 1.12 bits per heavy atom. The van der Waals surface area contributed by atoms with Crippen LogP contribution in [0.1, 0.15) is 53.5 Å². The van der Waals surface area contributed by atoms with Gasteiger partial charge in [0.25, 0.3) is 5.69 Å². The first kappa shape index (κ1) is 21.3. The van der Waals surface area contributed by atoms with Gasteiger partial charge >= 0.3 is 11.7 Å². The second kappa shape index (κ2) is 7.63. The van der Waals surface area contributed by atoms with E-state index in [2.05, 4.69) is 0 Å². The van der Waals surface area contributed by atoms with E-state index in [0.717, 1.165) is 12.1 Å². The zero-order valence-corrected chi connectivity index (χ0v) is 15.9. The van der Waals surface area contributed by atoms with Crippen LogP contribution in [0.2, 0.25) is 0 Å². The summed E-state index contributed by atoms with van der Waals surface area (Å²) < 4.78 is 5.22. The van der Waals surface area contributed by atoms with Crippen LogP contribution in [0, 0.1) is 25.6 Å². The molecule has 0 saturated heterocycles. The lowest BCUT2D eigenvalue weighted by atomic mass is 9.72. The van der Waals surface area contributed by atoms with Crippen LogP contribution < -0.4 is 4.74 Å². The van der Waals surface area contributed by atoms with Gasteiger partial charge in [-0.05, 0) is 24.2 Å². The fourth-order valence-corrected chi connectivity index (χ4v) is 3.14. The van der Waals surface area contributed by atoms with Gasteiger partial charge in [-0.2, -0.15) is 0 Å². The van der Waals surface area contributed by atoms with E-state index >= 15 is 0 Å². The van der Waals surface area contributed by atoms with Gasteiger partial charge in [0.2, 0.25) is 5.75 Å². The zero-order valence-electron chi connectivity index (χ0n) is 15.9. The third-order valence-corrected chi connectivity index (χ3v) is 3.67. The minimum atomic E-state index is -0.780. The van der Waals surface area contributed by atoms with Crippen molar-refractivity contribution in [3.05, 3.63) is 50.1 Å². The van der Waals surface area contributed by atoms with Crippen molar-refractivity contribution in [3.8, 4) is 5.75 Å². The van der Waals surface area contributed by atoms with Crippen LogP contribution >= 0.6 is 0 Å². The van der Waals surface area contributed by atoms with Crippen LogP contribution in [0.25, 0.3) is 0 Å². The van der Waals surface area contributed by atoms with Gasteiger partial charge in [0.05, 0.1) is 15.9 Å². The van der Waals surface area contributed by atoms with Crippen LogP contribution in [0.15, 0.2) is 24.3 Å². The number of rotatable bonds is 6. The Morgan fingerprint density at radius 2 is 1.69 bits per heavy atom. The minimum Gasteiger partial charge on any atom is -0.416 e. The normalized spacial score (nSPS) is 12.2. The summed E-state index contributed by atoms with van der Waals surface area (Å²) in [4.78, 5) is 33.2. The highest BCUT2D eigenvalue weighted by molar-refractivity contribution is 5.85. The summed E-state index contributed by atoms with van der Waals surface area (Å²) in [6, 6.07) is 2.06. The van der Waals surface area contributed by atoms with Gasteiger partial charge in [-0.1, -0.05) is 40.7 Å². The zero-order chi connectivity index (χ0) is 20.3. The first-order valence-corrected chi connectivity index (χ1v) is 8.10. The first-order valence-electron chi connectivity index (χ1n) is 8.10. The summed E-state index contributed by atoms with van der Waals surface area (Å²) >= 11 is 0. The topological polar surface area (TPSA) is 113 Å². The molecule has 0 unspecified atom stereocenters. The monoisotopic (exact) mass is 364 g/mol. The molecule has 0 aliphatic heterocycles. The molecular formula is C18H24N2O6. The van der Waals surface area contributed by atoms with Crippen molar-refractivity contribution < 1.29 is 19.4 Å². The molecule has 1 rings (SSSR count). The molecule has 0 N–H and O–H groups in total. The third kappa shape index (κ3) is 5.37. The van der Waals surface area contributed by atoms with Crippen molar-refractivity contribution in [1.29, 1.82) is 0 Å². The molecule has 0 saturated carbocycles. The lowest BCUT2D eigenvalue weighted by Gasteiger charge is -2.33. The van der Waals surface area contributed by atoms with Crippen molar-refractivity contribution >= 4 is 17.3 Å². The van der Waals surface area contributed by atoms with Crippen molar-refractivity contribution in [2.75, 3.05) is 0 Å². The Kier molecular flexibility index (Phi) is 6.25. The number of benzene rings is 1. The van der Waals surface area contributed by atoms with Gasteiger partial charge < -0.3 is 4.74 Å². The van der Waals surface area contributed by atoms with Crippen LogP contribution in [-0.4, -0.2) is 15.8 Å². The Hall–Kier alpha value is -2.77. The number of allylic oxidation sites excluding steroid dienone is 1. The standard InChI is InChI=1S/C18H24N2O6/c1-7-8-15(21)26-16-13(18(5,6)11-17(2,3)4)9-12(19(22)23)10-14(16)20(24)25/h7-10H,11H2,1-6H3/b8-7+. The van der Waals surface area contributed by atoms with Crippen molar-refractivity contribution in [1.82, 2.24) is 0 Å². The minimum absolute atomic E-state index is 0.159. The number of nitrogens with zero attached hydrogens (tertiary/aromatic N) is 2. The Labute approximate surface area is 152 Å². The highest BCUT2D eigenvalue weighted by atomic mass is 16.6. The Balaban J connectivity index is 3.74. The number of ether oxygens (including phenoxy) is 1. The molecule has 1 aromatic rings. The second-order valence-corrected chi connectivity index (χ2v) is 7.90. The summed E-state index contributed by atoms with van der Waals surface area (Å²) in [7, 11) is 0. The van der Waals surface area contributed by atoms with Gasteiger partial charge in [0, 0.05) is 17.7 Å². The van der Waals surface area contributed by atoms with Gasteiger partial charge in [-0.3, -0.25) is 20.2 Å². The van der Waals surface area contributed by atoms with Crippen LogP contribution in [0.4, 0.5) is 11.4 Å². The number of hydrogen-bond donors (Lipinski definition) is 0. The van der Waals surface area contributed by atoms with E-state index in [-0.39, 0.29) is 16.7 Å². The van der Waals surface area contributed by atoms with Crippen molar-refractivity contribution in [2.24, 2.45) is 5.41 Å². The highest BCUT2D eigenvalue weighted by Gasteiger charge is 2.36. The molecule has 0 aliphatic carbocycles. The summed E-state index contributed by atoms with van der Waals surface area (Å²) in [5.41, 5.74) is -1.63. The molecule has 142 valence electrons. The fraction of sp³-hybridized carbons (Fsp3) is 0.500. The molecule has 0 heterocycles. The number of carbonyl (C=O) groups is 1. The molecule has 0 radical (unpaired) electrons. The van der Waals surface area contributed by atoms with E-state index in [1.54, 1.807) is 6.92 Å². The Morgan fingerprint density at radius 3 is 2.12 bits per heavy atom. The number of non-ortho nitro benzene ring substituents is 1. The highest BCUT2D eigenvalue weighted by Crippen LogP contribution is 2.46. The van der Waals surface area contributed by atoms with Gasteiger partial charge in [-0.25, -0.2) is 4.79 Å². The number of carbonyl (C=O) groups excluding carboxylic acids is 1. The summed E-state index contributed by atoms with van der Waals surface area (Å²) in [5.74, 6) is -1.03. The van der Waals surface area contributed by atoms with E-state index in [1.165, 1.54) is 12.1 Å². The van der Waals surface area contributed by atoms with Gasteiger partial charge in [-0.15, -0.1) is 0 Å². The SMILES string of the molecule is C/C=C/C(=O)Oc1c([N+](=O)[O-])cc([N+](=O)[O-])cc1C(C)(C)CC(C)(C)C. The maximum Gasteiger partial charge on any atom is 0.336 e. The molecule has 26 heavy (non-hydrogen) atoms. The summed E-state index contributed by atoms with van der Waals surface area (Å²) in [6.07, 6.45) is 3.14. The van der Waals surface area contributed by atoms with E-state index in [0.29, 0.717) is 6.42 Å². The molecule has 0 atom stereocenters. The maximum absolute atomic E-state index is 11.9. The molecule has 0 bridgehead atoms. The lowest BCUT2D eigenvalue weighted by molar-refractivity contribution is -0.394. The predicted octanol–water partition coefficient (Wildman–Crippen LogP) is 4.70. The second-order valence-electron chi connectivity index (χ2n) is 7.90. The molecule has 0 fully saturated rings. The fourth-order valence-electron chi connectivity index (χ4n) is 3.14. The van der Waals surface area contributed by atoms with Crippen molar-refractivity contribution in [2.45, 2.75) is 53.4 Å². The average molecular weight is 364 g/mol. The summed E-state index contributed by atoms with van der Waals surface area (Å²) in [6.45, 7) is 11.2. The molecule has 0 amide bonds. The predicted molar refractivity (Wildman–Crippen MR) is 97.3 cm³/mol. The molecule has 8 heteroatoms. The lowest BCUT2D eigenvalue weighted by Crippen LogP contribution is -2.26. The molecule has 0 spiro atoms. The number of nitro groups is 2. The van der Waals surface area contributed by atoms with E-state index in [1.807, 2.05) is 34.6 Å². The number of esters is 1. The Bertz CT molecular complexity index is 760. The van der Waals surface area contributed by atoms with Gasteiger partial charge in [0.15, 0.2) is 0 Å². The third-order valence-electron chi connectivity index (χ3n) is 3.67. The number of nitro benzene ring substituents is 2. The molecular weight excluding hydrogens is 340 g/mol. The van der Waals surface area contributed by atoms with Crippen LogP contribution in [0.3, 0.4) is 0 Å². The van der Waals surface area contributed by atoms with E-state index in [9.17, 15) is 25.0 Å². The van der Waals surface area contributed by atoms with E-state index < -0.39 is 32.6 Å². The maximum atomic E-state index is 11.9. The van der Waals surface area contributed by atoms with Crippen LogP contribution in [-0.2, 0) is 10.2 Å². The molecule has 0 aromatic heterocycles. The molecule has 8 nitrogen and oxygen atoms in total. The smallest absolute Gasteiger partial charge is 0.336 e. The largest absolute Gasteiger partial charge is 0.416 e. The quantitative estimate of drug-likeness (QED) is 0.238. The van der Waals surface area contributed by atoms with Crippen LogP contribution in [0.5, 0.6) is 5.75 Å².